The molecule has 2 N–H and O–H groups in total. The van der Waals surface area contributed by atoms with Gasteiger partial charge < -0.3 is 5.73 Å². The molecule has 1 aromatic carbocycles. The van der Waals surface area contributed by atoms with Gasteiger partial charge in [-0.2, -0.15) is 0 Å². The maximum absolute atomic E-state index is 12.7. The lowest BCUT2D eigenvalue weighted by Crippen LogP contribution is -2.13. The maximum Gasteiger partial charge on any atom is 0.269 e. The SMILES string of the molecule is Cc1ccc(S(=O)(=O)n2ccc3nc(C(C)N)cnc32)cc1. The Morgan fingerprint density at radius 2 is 1.86 bits per heavy atom. The van der Waals surface area contributed by atoms with Crippen LogP contribution in [0.25, 0.3) is 11.2 Å². The molecule has 0 aliphatic heterocycles. The van der Waals surface area contributed by atoms with Crippen molar-refractivity contribution in [3.05, 3.63) is 54.0 Å². The Labute approximate surface area is 128 Å². The van der Waals surface area contributed by atoms with E-state index in [4.69, 9.17) is 5.73 Å². The second-order valence-corrected chi connectivity index (χ2v) is 7.04. The molecule has 0 amide bonds. The number of hydrogen-bond acceptors (Lipinski definition) is 5. The lowest BCUT2D eigenvalue weighted by atomic mass is 10.2. The van der Waals surface area contributed by atoms with E-state index in [1.807, 2.05) is 6.92 Å². The molecule has 2 heterocycles. The molecule has 0 radical (unpaired) electrons. The Bertz CT molecular complexity index is 928. The van der Waals surface area contributed by atoms with Gasteiger partial charge in [0.05, 0.1) is 16.8 Å². The van der Waals surface area contributed by atoms with Crippen molar-refractivity contribution in [2.75, 3.05) is 0 Å². The van der Waals surface area contributed by atoms with Crippen molar-refractivity contribution in [3.8, 4) is 0 Å². The number of rotatable bonds is 3. The first-order chi connectivity index (χ1) is 10.4. The van der Waals surface area contributed by atoms with E-state index < -0.39 is 10.0 Å². The normalized spacial score (nSPS) is 13.4. The first kappa shape index (κ1) is 14.7. The fraction of sp³-hybridized carbons (Fsp3) is 0.200. The predicted molar refractivity (Wildman–Crippen MR) is 83.9 cm³/mol. The van der Waals surface area contributed by atoms with E-state index in [-0.39, 0.29) is 10.9 Å². The monoisotopic (exact) mass is 316 g/mol. The van der Waals surface area contributed by atoms with Gasteiger partial charge in [0.1, 0.15) is 5.52 Å². The minimum Gasteiger partial charge on any atom is -0.323 e. The third-order valence-electron chi connectivity index (χ3n) is 3.42. The van der Waals surface area contributed by atoms with Crippen molar-refractivity contribution in [2.45, 2.75) is 24.8 Å². The van der Waals surface area contributed by atoms with Gasteiger partial charge in [-0.3, -0.25) is 0 Å². The van der Waals surface area contributed by atoms with Gasteiger partial charge in [-0.1, -0.05) is 17.7 Å². The van der Waals surface area contributed by atoms with Gasteiger partial charge in [0.15, 0.2) is 5.65 Å². The first-order valence-corrected chi connectivity index (χ1v) is 8.25. The van der Waals surface area contributed by atoms with Gasteiger partial charge >= 0.3 is 0 Å². The summed E-state index contributed by atoms with van der Waals surface area (Å²) < 4.78 is 26.6. The van der Waals surface area contributed by atoms with Crippen LogP contribution in [0, 0.1) is 6.92 Å². The largest absolute Gasteiger partial charge is 0.323 e. The van der Waals surface area contributed by atoms with E-state index in [2.05, 4.69) is 9.97 Å². The Morgan fingerprint density at radius 3 is 2.50 bits per heavy atom. The van der Waals surface area contributed by atoms with E-state index in [9.17, 15) is 8.42 Å². The van der Waals surface area contributed by atoms with Crippen LogP contribution >= 0.6 is 0 Å². The van der Waals surface area contributed by atoms with Crippen molar-refractivity contribution in [2.24, 2.45) is 5.73 Å². The van der Waals surface area contributed by atoms with Gasteiger partial charge in [0.25, 0.3) is 10.0 Å². The maximum atomic E-state index is 12.7. The summed E-state index contributed by atoms with van der Waals surface area (Å²) in [6, 6.07) is 8.06. The lowest BCUT2D eigenvalue weighted by molar-refractivity contribution is 0.588. The molecule has 0 aliphatic rings. The summed E-state index contributed by atoms with van der Waals surface area (Å²) in [5.41, 5.74) is 8.20. The molecule has 1 atom stereocenters. The fourth-order valence-electron chi connectivity index (χ4n) is 2.14. The van der Waals surface area contributed by atoms with Crippen LogP contribution in [0.4, 0.5) is 0 Å². The van der Waals surface area contributed by atoms with Crippen molar-refractivity contribution in [1.29, 1.82) is 0 Å². The molecule has 7 heteroatoms. The number of benzene rings is 1. The highest BCUT2D eigenvalue weighted by Gasteiger charge is 2.20. The summed E-state index contributed by atoms with van der Waals surface area (Å²) in [5.74, 6) is 0. The van der Waals surface area contributed by atoms with Crippen LogP contribution in [0.2, 0.25) is 0 Å². The van der Waals surface area contributed by atoms with Crippen molar-refractivity contribution in [1.82, 2.24) is 13.9 Å². The molecule has 0 spiro atoms. The molecular formula is C15H16N4O2S. The van der Waals surface area contributed by atoms with Crippen LogP contribution in [0.3, 0.4) is 0 Å². The van der Waals surface area contributed by atoms with Gasteiger partial charge in [-0.25, -0.2) is 22.4 Å². The molecule has 1 unspecified atom stereocenters. The summed E-state index contributed by atoms with van der Waals surface area (Å²) in [4.78, 5) is 8.77. The Hall–Kier alpha value is -2.25. The van der Waals surface area contributed by atoms with Crippen LogP contribution in [-0.2, 0) is 10.0 Å². The summed E-state index contributed by atoms with van der Waals surface area (Å²) in [6.07, 6.45) is 2.97. The van der Waals surface area contributed by atoms with Gasteiger partial charge in [0.2, 0.25) is 0 Å². The van der Waals surface area contributed by atoms with Crippen molar-refractivity contribution < 1.29 is 8.42 Å². The zero-order chi connectivity index (χ0) is 15.9. The second kappa shape index (κ2) is 5.19. The van der Waals surface area contributed by atoms with Gasteiger partial charge in [-0.15, -0.1) is 0 Å². The average molecular weight is 316 g/mol. The standard InChI is InChI=1S/C15H16N4O2S/c1-10-3-5-12(6-4-10)22(20,21)19-8-7-13-15(19)17-9-14(18-13)11(2)16/h3-9,11H,16H2,1-2H3. The molecular weight excluding hydrogens is 300 g/mol. The van der Waals surface area contributed by atoms with Gasteiger partial charge in [-0.05, 0) is 32.0 Å². The molecule has 0 aliphatic carbocycles. The van der Waals surface area contributed by atoms with E-state index in [1.165, 1.54) is 12.4 Å². The first-order valence-electron chi connectivity index (χ1n) is 6.81. The molecule has 0 saturated carbocycles. The average Bonchev–Trinajstić information content (AvgIpc) is 2.91. The highest BCUT2D eigenvalue weighted by atomic mass is 32.2. The lowest BCUT2D eigenvalue weighted by Gasteiger charge is -2.08. The third kappa shape index (κ3) is 2.38. The number of nitrogens with two attached hydrogens (primary N) is 1. The van der Waals surface area contributed by atoms with E-state index in [0.29, 0.717) is 16.9 Å². The molecule has 0 saturated heterocycles. The number of hydrogen-bond donors (Lipinski definition) is 1. The molecule has 22 heavy (non-hydrogen) atoms. The fourth-order valence-corrected chi connectivity index (χ4v) is 3.44. The predicted octanol–water partition coefficient (Wildman–Crippen LogP) is 2.00. The zero-order valence-corrected chi connectivity index (χ0v) is 13.1. The third-order valence-corrected chi connectivity index (χ3v) is 5.10. The molecule has 2 aromatic heterocycles. The Morgan fingerprint density at radius 1 is 1.18 bits per heavy atom. The van der Waals surface area contributed by atoms with Crippen molar-refractivity contribution >= 4 is 21.2 Å². The Balaban J connectivity index is 2.15. The summed E-state index contributed by atoms with van der Waals surface area (Å²) in [6.45, 7) is 3.71. The number of fused-ring (bicyclic) bond motifs is 1. The smallest absolute Gasteiger partial charge is 0.269 e. The highest BCUT2D eigenvalue weighted by molar-refractivity contribution is 7.90. The molecule has 3 rings (SSSR count). The molecule has 114 valence electrons. The van der Waals surface area contributed by atoms with Gasteiger partial charge in [0, 0.05) is 12.2 Å². The van der Waals surface area contributed by atoms with Crippen LogP contribution in [-0.4, -0.2) is 22.4 Å². The minimum atomic E-state index is -3.69. The quantitative estimate of drug-likeness (QED) is 0.798. The van der Waals surface area contributed by atoms with E-state index in [0.717, 1.165) is 9.54 Å². The number of aromatic nitrogens is 3. The van der Waals surface area contributed by atoms with Crippen LogP contribution in [0.15, 0.2) is 47.6 Å². The topological polar surface area (TPSA) is 90.9 Å². The van der Waals surface area contributed by atoms with Crippen LogP contribution in [0.1, 0.15) is 24.2 Å². The minimum absolute atomic E-state index is 0.216. The Kier molecular flexibility index (Phi) is 3.46. The molecule has 6 nitrogen and oxygen atoms in total. The highest BCUT2D eigenvalue weighted by Crippen LogP contribution is 2.21. The molecule has 3 aromatic rings. The number of aryl methyl sites for hydroxylation is 1. The van der Waals surface area contributed by atoms with Crippen molar-refractivity contribution in [3.63, 3.8) is 0 Å². The molecule has 0 bridgehead atoms. The molecule has 0 fully saturated rings. The summed E-state index contributed by atoms with van der Waals surface area (Å²) in [5, 5.41) is 0. The second-order valence-electron chi connectivity index (χ2n) is 5.22. The van der Waals surface area contributed by atoms with E-state index in [1.54, 1.807) is 37.3 Å². The van der Waals surface area contributed by atoms with Crippen LogP contribution < -0.4 is 5.73 Å². The summed E-state index contributed by atoms with van der Waals surface area (Å²) >= 11 is 0. The summed E-state index contributed by atoms with van der Waals surface area (Å²) in [7, 11) is -3.69. The van der Waals surface area contributed by atoms with Crippen LogP contribution in [0.5, 0.6) is 0 Å². The number of nitrogens with zero attached hydrogens (tertiary/aromatic N) is 3. The zero-order valence-electron chi connectivity index (χ0n) is 12.3. The van der Waals surface area contributed by atoms with E-state index >= 15 is 0 Å².